The van der Waals surface area contributed by atoms with Crippen LogP contribution in [-0.2, 0) is 11.3 Å². The van der Waals surface area contributed by atoms with Crippen LogP contribution in [0, 0.1) is 12.8 Å². The van der Waals surface area contributed by atoms with Crippen LogP contribution in [0.3, 0.4) is 0 Å². The predicted molar refractivity (Wildman–Crippen MR) is 62.8 cm³/mol. The lowest BCUT2D eigenvalue weighted by atomic mass is 10.1. The number of nitrogens with zero attached hydrogens (tertiary/aromatic N) is 1. The minimum atomic E-state index is 0.104. The maximum absolute atomic E-state index is 11.8. The first-order valence-corrected chi connectivity index (χ1v) is 5.52. The zero-order valence-electron chi connectivity index (χ0n) is 10.2. The Hall–Kier alpha value is -1.29. The van der Waals surface area contributed by atoms with Gasteiger partial charge in [-0.25, -0.2) is 0 Å². The molecule has 0 radical (unpaired) electrons. The van der Waals surface area contributed by atoms with Crippen molar-refractivity contribution in [1.82, 2.24) is 4.90 Å². The Kier molecular flexibility index (Phi) is 4.55. The smallest absolute Gasteiger partial charge is 0.223 e. The van der Waals surface area contributed by atoms with Gasteiger partial charge in [-0.3, -0.25) is 4.79 Å². The molecule has 0 aliphatic heterocycles. The molecule has 1 amide bonds. The van der Waals surface area contributed by atoms with Crippen molar-refractivity contribution in [2.24, 2.45) is 11.7 Å². The molecule has 0 aliphatic rings. The van der Waals surface area contributed by atoms with E-state index in [-0.39, 0.29) is 11.8 Å². The lowest BCUT2D eigenvalue weighted by molar-refractivity contribution is -0.131. The molecule has 0 spiro atoms. The van der Waals surface area contributed by atoms with Crippen LogP contribution in [0.5, 0.6) is 0 Å². The highest BCUT2D eigenvalue weighted by atomic mass is 16.3. The summed E-state index contributed by atoms with van der Waals surface area (Å²) in [6.45, 7) is 4.92. The highest BCUT2D eigenvalue weighted by molar-refractivity contribution is 5.76. The van der Waals surface area contributed by atoms with E-state index < -0.39 is 0 Å². The fourth-order valence-electron chi connectivity index (χ4n) is 1.43. The minimum absolute atomic E-state index is 0.104. The molecule has 0 saturated carbocycles. The first-order chi connectivity index (χ1) is 7.52. The Morgan fingerprint density at radius 1 is 1.56 bits per heavy atom. The Morgan fingerprint density at radius 3 is 2.75 bits per heavy atom. The Bertz CT molecular complexity index is 347. The van der Waals surface area contributed by atoms with E-state index in [4.69, 9.17) is 10.2 Å². The minimum Gasteiger partial charge on any atom is -0.464 e. The fraction of sp³-hybridized carbons (Fsp3) is 0.583. The van der Waals surface area contributed by atoms with E-state index in [1.165, 1.54) is 0 Å². The summed E-state index contributed by atoms with van der Waals surface area (Å²) in [7, 11) is 1.78. The maximum atomic E-state index is 11.8. The number of carbonyl (C=O) groups is 1. The molecule has 1 heterocycles. The molecule has 0 saturated heterocycles. The van der Waals surface area contributed by atoms with Crippen molar-refractivity contribution in [1.29, 1.82) is 0 Å². The van der Waals surface area contributed by atoms with Crippen LogP contribution >= 0.6 is 0 Å². The molecule has 4 heteroatoms. The van der Waals surface area contributed by atoms with Crippen LogP contribution < -0.4 is 5.73 Å². The van der Waals surface area contributed by atoms with Gasteiger partial charge in [-0.05, 0) is 31.5 Å². The van der Waals surface area contributed by atoms with Gasteiger partial charge in [0.05, 0.1) is 6.54 Å². The molecular formula is C12H20N2O2. The lowest BCUT2D eigenvalue weighted by Crippen LogP contribution is -2.29. The van der Waals surface area contributed by atoms with Crippen LogP contribution in [0.15, 0.2) is 16.5 Å². The van der Waals surface area contributed by atoms with E-state index >= 15 is 0 Å². The predicted octanol–water partition coefficient (Wildman–Crippen LogP) is 1.53. The van der Waals surface area contributed by atoms with Gasteiger partial charge in [-0.1, -0.05) is 6.92 Å². The highest BCUT2D eigenvalue weighted by Gasteiger charge is 2.13. The molecule has 0 aromatic carbocycles. The quantitative estimate of drug-likeness (QED) is 0.825. The highest BCUT2D eigenvalue weighted by Crippen LogP contribution is 2.10. The first kappa shape index (κ1) is 12.8. The van der Waals surface area contributed by atoms with E-state index in [0.29, 0.717) is 19.5 Å². The number of aryl methyl sites for hydroxylation is 1. The molecule has 1 rings (SSSR count). The molecular weight excluding hydrogens is 204 g/mol. The van der Waals surface area contributed by atoms with E-state index in [2.05, 4.69) is 0 Å². The molecule has 90 valence electrons. The third-order valence-corrected chi connectivity index (χ3v) is 2.54. The van der Waals surface area contributed by atoms with Gasteiger partial charge in [-0.2, -0.15) is 0 Å². The Balaban J connectivity index is 2.45. The van der Waals surface area contributed by atoms with Crippen molar-refractivity contribution in [3.05, 3.63) is 23.7 Å². The van der Waals surface area contributed by atoms with Crippen LogP contribution in [0.1, 0.15) is 24.9 Å². The molecule has 1 aromatic rings. The second-order valence-corrected chi connectivity index (χ2v) is 4.31. The molecule has 2 N–H and O–H groups in total. The Morgan fingerprint density at radius 2 is 2.25 bits per heavy atom. The van der Waals surface area contributed by atoms with Gasteiger partial charge < -0.3 is 15.1 Å². The van der Waals surface area contributed by atoms with Gasteiger partial charge >= 0.3 is 0 Å². The molecule has 0 bridgehead atoms. The number of nitrogens with two attached hydrogens (primary N) is 1. The summed E-state index contributed by atoms with van der Waals surface area (Å²) >= 11 is 0. The van der Waals surface area contributed by atoms with Crippen molar-refractivity contribution in [3.8, 4) is 0 Å². The molecule has 1 aromatic heterocycles. The normalized spacial score (nSPS) is 12.5. The molecule has 1 atom stereocenters. The van der Waals surface area contributed by atoms with Crippen LogP contribution in [0.4, 0.5) is 0 Å². The lowest BCUT2D eigenvalue weighted by Gasteiger charge is -2.17. The third kappa shape index (κ3) is 3.70. The van der Waals surface area contributed by atoms with Gasteiger partial charge in [-0.15, -0.1) is 0 Å². The van der Waals surface area contributed by atoms with Crippen LogP contribution in [-0.4, -0.2) is 24.4 Å². The monoisotopic (exact) mass is 224 g/mol. The van der Waals surface area contributed by atoms with Crippen molar-refractivity contribution in [2.45, 2.75) is 26.8 Å². The summed E-state index contributed by atoms with van der Waals surface area (Å²) in [5.41, 5.74) is 5.49. The zero-order chi connectivity index (χ0) is 12.1. The average molecular weight is 224 g/mol. The number of amides is 1. The van der Waals surface area contributed by atoms with Crippen LogP contribution in [0.25, 0.3) is 0 Å². The summed E-state index contributed by atoms with van der Waals surface area (Å²) < 4.78 is 5.42. The van der Waals surface area contributed by atoms with Crippen molar-refractivity contribution >= 4 is 5.91 Å². The van der Waals surface area contributed by atoms with Gasteiger partial charge in [0.1, 0.15) is 11.5 Å². The van der Waals surface area contributed by atoms with Crippen molar-refractivity contribution in [2.75, 3.05) is 13.6 Å². The van der Waals surface area contributed by atoms with Crippen LogP contribution in [0.2, 0.25) is 0 Å². The van der Waals surface area contributed by atoms with E-state index in [9.17, 15) is 4.79 Å². The summed E-state index contributed by atoms with van der Waals surface area (Å²) in [5.74, 6) is 2.01. The van der Waals surface area contributed by atoms with Crippen molar-refractivity contribution in [3.63, 3.8) is 0 Å². The molecule has 0 aliphatic carbocycles. The molecule has 0 fully saturated rings. The zero-order valence-corrected chi connectivity index (χ0v) is 10.2. The SMILES string of the molecule is Cc1ccc(CN(C)C(=O)CC(C)CN)o1. The Labute approximate surface area is 96.4 Å². The second-order valence-electron chi connectivity index (χ2n) is 4.31. The van der Waals surface area contributed by atoms with Gasteiger partial charge in [0.25, 0.3) is 0 Å². The summed E-state index contributed by atoms with van der Waals surface area (Å²) in [6, 6.07) is 3.79. The van der Waals surface area contributed by atoms with Gasteiger partial charge in [0.2, 0.25) is 5.91 Å². The van der Waals surface area contributed by atoms with E-state index in [1.54, 1.807) is 11.9 Å². The van der Waals surface area contributed by atoms with E-state index in [0.717, 1.165) is 11.5 Å². The van der Waals surface area contributed by atoms with Crippen molar-refractivity contribution < 1.29 is 9.21 Å². The number of rotatable bonds is 5. The molecule has 1 unspecified atom stereocenters. The van der Waals surface area contributed by atoms with Gasteiger partial charge in [0.15, 0.2) is 0 Å². The maximum Gasteiger partial charge on any atom is 0.223 e. The molecule has 4 nitrogen and oxygen atoms in total. The standard InChI is InChI=1S/C12H20N2O2/c1-9(7-13)6-12(15)14(3)8-11-5-4-10(2)16-11/h4-5,9H,6-8,13H2,1-3H3. The number of furan rings is 1. The topological polar surface area (TPSA) is 59.5 Å². The number of hydrogen-bond donors (Lipinski definition) is 1. The largest absolute Gasteiger partial charge is 0.464 e. The number of carbonyl (C=O) groups excluding carboxylic acids is 1. The summed E-state index contributed by atoms with van der Waals surface area (Å²) in [4.78, 5) is 13.4. The first-order valence-electron chi connectivity index (χ1n) is 5.52. The van der Waals surface area contributed by atoms with Gasteiger partial charge in [0, 0.05) is 13.5 Å². The van der Waals surface area contributed by atoms with E-state index in [1.807, 2.05) is 26.0 Å². The average Bonchev–Trinajstić information content (AvgIpc) is 2.63. The summed E-state index contributed by atoms with van der Waals surface area (Å²) in [5, 5.41) is 0. The molecule has 16 heavy (non-hydrogen) atoms. The summed E-state index contributed by atoms with van der Waals surface area (Å²) in [6.07, 6.45) is 0.493. The number of hydrogen-bond acceptors (Lipinski definition) is 3. The fourth-order valence-corrected chi connectivity index (χ4v) is 1.43. The third-order valence-electron chi connectivity index (χ3n) is 2.54. The second kappa shape index (κ2) is 5.70.